The topological polar surface area (TPSA) is 26.3 Å². The van der Waals surface area contributed by atoms with Crippen molar-refractivity contribution < 1.29 is 9.53 Å². The predicted octanol–water partition coefficient (Wildman–Crippen LogP) is 3.08. The van der Waals surface area contributed by atoms with Crippen LogP contribution in [0.15, 0.2) is 43.0 Å². The lowest BCUT2D eigenvalue weighted by Crippen LogP contribution is -2.20. The van der Waals surface area contributed by atoms with Crippen LogP contribution >= 0.6 is 0 Å². The fraction of sp³-hybridized carbons (Fsp3) is 0.357. The summed E-state index contributed by atoms with van der Waals surface area (Å²) in [7, 11) is 0. The lowest BCUT2D eigenvalue weighted by atomic mass is 9.82. The molecular weight excluding hydrogens is 200 g/mol. The summed E-state index contributed by atoms with van der Waals surface area (Å²) in [5.74, 6) is -0.358. The largest absolute Gasteiger partial charge is 0.463 e. The first kappa shape index (κ1) is 12.5. The third-order valence-electron chi connectivity index (χ3n) is 2.69. The summed E-state index contributed by atoms with van der Waals surface area (Å²) < 4.78 is 4.99. The van der Waals surface area contributed by atoms with E-state index in [9.17, 15) is 4.79 Å². The number of carbonyl (C=O) groups is 1. The van der Waals surface area contributed by atoms with Crippen molar-refractivity contribution in [1.82, 2.24) is 0 Å². The van der Waals surface area contributed by atoms with E-state index >= 15 is 0 Å². The molecule has 16 heavy (non-hydrogen) atoms. The molecule has 2 heteroatoms. The summed E-state index contributed by atoms with van der Waals surface area (Å²) in [6, 6.07) is 10.2. The van der Waals surface area contributed by atoms with Crippen molar-refractivity contribution in [3.8, 4) is 0 Å². The maximum absolute atomic E-state index is 10.9. The standard InChI is InChI=1S/C14H18O2/c1-4-13(15)16-11-10-14(2,3)12-8-6-5-7-9-12/h4-9H,1,10-11H2,2-3H3. The summed E-state index contributed by atoms with van der Waals surface area (Å²) >= 11 is 0. The molecule has 1 aromatic carbocycles. The number of ether oxygens (including phenoxy) is 1. The molecule has 86 valence electrons. The number of hydrogen-bond acceptors (Lipinski definition) is 2. The van der Waals surface area contributed by atoms with Crippen LogP contribution < -0.4 is 0 Å². The van der Waals surface area contributed by atoms with Crippen LogP contribution in [0.4, 0.5) is 0 Å². The Morgan fingerprint density at radius 2 is 2.00 bits per heavy atom. The van der Waals surface area contributed by atoms with Crippen LogP contribution in [0, 0.1) is 0 Å². The van der Waals surface area contributed by atoms with Crippen molar-refractivity contribution in [2.24, 2.45) is 0 Å². The fourth-order valence-electron chi connectivity index (χ4n) is 1.50. The van der Waals surface area contributed by atoms with Crippen LogP contribution in [0.5, 0.6) is 0 Å². The van der Waals surface area contributed by atoms with E-state index in [1.807, 2.05) is 18.2 Å². The van der Waals surface area contributed by atoms with E-state index in [-0.39, 0.29) is 11.4 Å². The second kappa shape index (κ2) is 5.50. The van der Waals surface area contributed by atoms with Crippen molar-refractivity contribution in [3.05, 3.63) is 48.6 Å². The van der Waals surface area contributed by atoms with E-state index in [0.717, 1.165) is 6.42 Å². The zero-order valence-electron chi connectivity index (χ0n) is 9.90. The number of carbonyl (C=O) groups excluding carboxylic acids is 1. The van der Waals surface area contributed by atoms with Crippen molar-refractivity contribution >= 4 is 5.97 Å². The van der Waals surface area contributed by atoms with Gasteiger partial charge in [0.1, 0.15) is 0 Å². The molecule has 0 aliphatic carbocycles. The molecule has 0 bridgehead atoms. The Balaban J connectivity index is 2.52. The van der Waals surface area contributed by atoms with Gasteiger partial charge in [-0.25, -0.2) is 4.79 Å². The highest BCUT2D eigenvalue weighted by Crippen LogP contribution is 2.26. The first-order chi connectivity index (χ1) is 7.56. The molecule has 0 saturated heterocycles. The predicted molar refractivity (Wildman–Crippen MR) is 65.2 cm³/mol. The highest BCUT2D eigenvalue weighted by molar-refractivity contribution is 5.81. The van der Waals surface area contributed by atoms with Gasteiger partial charge in [-0.3, -0.25) is 0 Å². The van der Waals surface area contributed by atoms with Crippen molar-refractivity contribution in [3.63, 3.8) is 0 Å². The fourth-order valence-corrected chi connectivity index (χ4v) is 1.50. The maximum Gasteiger partial charge on any atom is 0.330 e. The molecule has 0 aliphatic rings. The van der Waals surface area contributed by atoms with Gasteiger partial charge in [0, 0.05) is 6.08 Å². The Morgan fingerprint density at radius 1 is 1.38 bits per heavy atom. The number of rotatable bonds is 5. The van der Waals surface area contributed by atoms with Crippen LogP contribution in [0.2, 0.25) is 0 Å². The first-order valence-electron chi connectivity index (χ1n) is 5.41. The maximum atomic E-state index is 10.9. The van der Waals surface area contributed by atoms with Gasteiger partial charge in [0.2, 0.25) is 0 Å². The van der Waals surface area contributed by atoms with Crippen LogP contribution in [0.25, 0.3) is 0 Å². The van der Waals surface area contributed by atoms with Crippen molar-refractivity contribution in [2.75, 3.05) is 6.61 Å². The normalized spacial score (nSPS) is 10.9. The van der Waals surface area contributed by atoms with Crippen LogP contribution in [-0.4, -0.2) is 12.6 Å². The second-order valence-corrected chi connectivity index (χ2v) is 4.37. The Labute approximate surface area is 96.9 Å². The number of benzene rings is 1. The van der Waals surface area contributed by atoms with Gasteiger partial charge in [0.15, 0.2) is 0 Å². The van der Waals surface area contributed by atoms with Crippen LogP contribution in [0.1, 0.15) is 25.8 Å². The average molecular weight is 218 g/mol. The molecule has 0 unspecified atom stereocenters. The summed E-state index contributed by atoms with van der Waals surface area (Å²) in [5, 5.41) is 0. The molecule has 0 saturated carbocycles. The third kappa shape index (κ3) is 3.54. The van der Waals surface area contributed by atoms with E-state index in [0.29, 0.717) is 6.61 Å². The first-order valence-corrected chi connectivity index (χ1v) is 5.41. The lowest BCUT2D eigenvalue weighted by Gasteiger charge is -2.24. The molecule has 0 atom stereocenters. The molecule has 1 rings (SSSR count). The Morgan fingerprint density at radius 3 is 2.56 bits per heavy atom. The quantitative estimate of drug-likeness (QED) is 0.560. The Hall–Kier alpha value is -1.57. The van der Waals surface area contributed by atoms with Crippen LogP contribution in [-0.2, 0) is 14.9 Å². The van der Waals surface area contributed by atoms with E-state index < -0.39 is 0 Å². The highest BCUT2D eigenvalue weighted by atomic mass is 16.5. The molecule has 0 spiro atoms. The summed E-state index contributed by atoms with van der Waals surface area (Å²) in [6.45, 7) is 8.07. The van der Waals surface area contributed by atoms with E-state index in [1.165, 1.54) is 11.6 Å². The van der Waals surface area contributed by atoms with Crippen molar-refractivity contribution in [1.29, 1.82) is 0 Å². The molecule has 0 aliphatic heterocycles. The number of esters is 1. The van der Waals surface area contributed by atoms with Gasteiger partial charge in [-0.15, -0.1) is 0 Å². The molecular formula is C14H18O2. The van der Waals surface area contributed by atoms with Gasteiger partial charge in [0.05, 0.1) is 6.61 Å². The minimum absolute atomic E-state index is 0.0166. The number of hydrogen-bond donors (Lipinski definition) is 0. The van der Waals surface area contributed by atoms with Crippen molar-refractivity contribution in [2.45, 2.75) is 25.7 Å². The molecule has 0 heterocycles. The average Bonchev–Trinajstić information content (AvgIpc) is 2.30. The summed E-state index contributed by atoms with van der Waals surface area (Å²) in [5.41, 5.74) is 1.27. The monoisotopic (exact) mass is 218 g/mol. The Bertz CT molecular complexity index is 352. The van der Waals surface area contributed by atoms with Gasteiger partial charge < -0.3 is 4.74 Å². The molecule has 0 aromatic heterocycles. The smallest absolute Gasteiger partial charge is 0.330 e. The highest BCUT2D eigenvalue weighted by Gasteiger charge is 2.20. The minimum atomic E-state index is -0.358. The van der Waals surface area contributed by atoms with Gasteiger partial charge in [-0.05, 0) is 17.4 Å². The minimum Gasteiger partial charge on any atom is -0.463 e. The second-order valence-electron chi connectivity index (χ2n) is 4.37. The third-order valence-corrected chi connectivity index (χ3v) is 2.69. The van der Waals surface area contributed by atoms with E-state index in [2.05, 4.69) is 32.6 Å². The molecule has 2 nitrogen and oxygen atoms in total. The Kier molecular flexibility index (Phi) is 4.29. The van der Waals surface area contributed by atoms with Gasteiger partial charge in [-0.2, -0.15) is 0 Å². The molecule has 1 aromatic rings. The van der Waals surface area contributed by atoms with E-state index in [1.54, 1.807) is 0 Å². The molecule has 0 radical (unpaired) electrons. The zero-order valence-corrected chi connectivity index (χ0v) is 9.90. The van der Waals surface area contributed by atoms with Gasteiger partial charge >= 0.3 is 5.97 Å². The zero-order chi connectivity index (χ0) is 12.0. The lowest BCUT2D eigenvalue weighted by molar-refractivity contribution is -0.138. The van der Waals surface area contributed by atoms with Crippen LogP contribution in [0.3, 0.4) is 0 Å². The summed E-state index contributed by atoms with van der Waals surface area (Å²) in [6.07, 6.45) is 1.99. The van der Waals surface area contributed by atoms with Gasteiger partial charge in [-0.1, -0.05) is 50.8 Å². The molecule has 0 amide bonds. The molecule has 0 fully saturated rings. The van der Waals surface area contributed by atoms with E-state index in [4.69, 9.17) is 4.74 Å². The molecule has 0 N–H and O–H groups in total. The summed E-state index contributed by atoms with van der Waals surface area (Å²) in [4.78, 5) is 10.9. The van der Waals surface area contributed by atoms with Gasteiger partial charge in [0.25, 0.3) is 0 Å². The SMILES string of the molecule is C=CC(=O)OCCC(C)(C)c1ccccc1.